The summed E-state index contributed by atoms with van der Waals surface area (Å²) in [5.74, 6) is 0.720. The van der Waals surface area contributed by atoms with E-state index in [9.17, 15) is 4.79 Å². The second kappa shape index (κ2) is 11.7. The van der Waals surface area contributed by atoms with Crippen LogP contribution in [0.15, 0.2) is 65.2 Å². The maximum Gasteiger partial charge on any atom is 0.307 e. The number of aliphatic carboxylic acids is 1. The molecule has 1 heterocycles. The van der Waals surface area contributed by atoms with Gasteiger partial charge in [0.25, 0.3) is 0 Å². The van der Waals surface area contributed by atoms with Crippen molar-refractivity contribution in [3.05, 3.63) is 98.7 Å². The van der Waals surface area contributed by atoms with E-state index < -0.39 is 5.97 Å². The van der Waals surface area contributed by atoms with Gasteiger partial charge in [-0.05, 0) is 60.0 Å². The minimum atomic E-state index is -0.834. The SMILES string of the molecule is Cc1cc(NCc2ccc(OCc3c(-c4c(Cl)cccc4Cl)noc3C(C)C)cc2)ccc1CC(=O)O. The van der Waals surface area contributed by atoms with Crippen LogP contribution in [0.1, 0.15) is 47.8 Å². The zero-order valence-electron chi connectivity index (χ0n) is 20.8. The Morgan fingerprint density at radius 3 is 2.41 bits per heavy atom. The van der Waals surface area contributed by atoms with E-state index in [-0.39, 0.29) is 18.9 Å². The van der Waals surface area contributed by atoms with Crippen LogP contribution in [-0.4, -0.2) is 16.2 Å². The fraction of sp³-hybridized carbons (Fsp3) is 0.241. The maximum absolute atomic E-state index is 11.0. The number of hydrogen-bond donors (Lipinski definition) is 2. The predicted molar refractivity (Wildman–Crippen MR) is 147 cm³/mol. The number of carboxylic acids is 1. The molecule has 0 amide bonds. The molecule has 0 unspecified atom stereocenters. The second-order valence-corrected chi connectivity index (χ2v) is 9.94. The molecule has 4 rings (SSSR count). The van der Waals surface area contributed by atoms with Gasteiger partial charge in [0.05, 0.1) is 22.0 Å². The number of aromatic nitrogens is 1. The van der Waals surface area contributed by atoms with E-state index in [1.807, 2.05) is 63.2 Å². The molecule has 0 spiro atoms. The van der Waals surface area contributed by atoms with Crippen LogP contribution in [0.3, 0.4) is 0 Å². The van der Waals surface area contributed by atoms with Crippen LogP contribution in [0.5, 0.6) is 5.75 Å². The lowest BCUT2D eigenvalue weighted by atomic mass is 10.0. The third-order valence-electron chi connectivity index (χ3n) is 6.03. The molecule has 2 N–H and O–H groups in total. The Morgan fingerprint density at radius 1 is 1.08 bits per heavy atom. The monoisotopic (exact) mass is 538 g/mol. The number of halogens is 2. The molecular formula is C29H28Cl2N2O4. The fourth-order valence-electron chi connectivity index (χ4n) is 4.07. The Kier molecular flexibility index (Phi) is 8.41. The molecule has 0 aliphatic carbocycles. The van der Waals surface area contributed by atoms with E-state index >= 15 is 0 Å². The summed E-state index contributed by atoms with van der Waals surface area (Å²) in [4.78, 5) is 11.0. The number of aryl methyl sites for hydroxylation is 1. The average molecular weight is 539 g/mol. The van der Waals surface area contributed by atoms with Crippen LogP contribution in [-0.2, 0) is 24.4 Å². The largest absolute Gasteiger partial charge is 0.489 e. The van der Waals surface area contributed by atoms with Crippen molar-refractivity contribution in [3.63, 3.8) is 0 Å². The summed E-state index contributed by atoms with van der Waals surface area (Å²) in [7, 11) is 0. The Hall–Kier alpha value is -3.48. The van der Waals surface area contributed by atoms with Crippen LogP contribution in [0, 0.1) is 6.92 Å². The van der Waals surface area contributed by atoms with E-state index in [0.29, 0.717) is 33.6 Å². The van der Waals surface area contributed by atoms with Gasteiger partial charge in [-0.2, -0.15) is 0 Å². The summed E-state index contributed by atoms with van der Waals surface area (Å²) in [6, 6.07) is 18.9. The summed E-state index contributed by atoms with van der Waals surface area (Å²) in [6.45, 7) is 6.86. The van der Waals surface area contributed by atoms with Gasteiger partial charge in [-0.25, -0.2) is 0 Å². The molecule has 4 aromatic rings. The molecule has 192 valence electrons. The number of hydrogen-bond acceptors (Lipinski definition) is 5. The average Bonchev–Trinajstić information content (AvgIpc) is 3.27. The summed E-state index contributed by atoms with van der Waals surface area (Å²) in [5.41, 5.74) is 5.81. The molecule has 0 bridgehead atoms. The van der Waals surface area contributed by atoms with Crippen molar-refractivity contribution in [1.29, 1.82) is 0 Å². The normalized spacial score (nSPS) is 11.1. The molecule has 0 fully saturated rings. The molecule has 0 aliphatic rings. The first-order chi connectivity index (χ1) is 17.7. The summed E-state index contributed by atoms with van der Waals surface area (Å²) < 4.78 is 11.8. The number of carboxylic acid groups (broad SMARTS) is 1. The number of anilines is 1. The standard InChI is InChI=1S/C29H28Cl2N2O4/c1-17(2)29-23(28(33-37-29)27-24(30)5-4-6-25(27)31)16-36-22-11-7-19(8-12-22)15-32-21-10-9-20(14-26(34)35)18(3)13-21/h4-13,17,32H,14-16H2,1-3H3,(H,34,35). The molecule has 6 nitrogen and oxygen atoms in total. The highest BCUT2D eigenvalue weighted by atomic mass is 35.5. The Balaban J connectivity index is 1.43. The third kappa shape index (κ3) is 6.45. The van der Waals surface area contributed by atoms with Gasteiger partial charge in [-0.3, -0.25) is 4.79 Å². The fourth-order valence-corrected chi connectivity index (χ4v) is 4.64. The number of nitrogens with zero attached hydrogens (tertiary/aromatic N) is 1. The summed E-state index contributed by atoms with van der Waals surface area (Å²) in [5, 5.41) is 17.7. The molecule has 0 aliphatic heterocycles. The number of nitrogens with one attached hydrogen (secondary N) is 1. The van der Waals surface area contributed by atoms with Crippen molar-refractivity contribution in [3.8, 4) is 17.0 Å². The molecule has 0 saturated heterocycles. The van der Waals surface area contributed by atoms with Crippen LogP contribution in [0.25, 0.3) is 11.3 Å². The highest BCUT2D eigenvalue weighted by Gasteiger charge is 2.23. The van der Waals surface area contributed by atoms with Gasteiger partial charge in [0, 0.05) is 23.7 Å². The summed E-state index contributed by atoms with van der Waals surface area (Å²) in [6.07, 6.45) is 0.0219. The molecule has 8 heteroatoms. The van der Waals surface area contributed by atoms with E-state index in [0.717, 1.165) is 33.7 Å². The van der Waals surface area contributed by atoms with Gasteiger partial charge in [-0.15, -0.1) is 0 Å². The van der Waals surface area contributed by atoms with Crippen LogP contribution < -0.4 is 10.1 Å². The van der Waals surface area contributed by atoms with Crippen molar-refractivity contribution in [2.24, 2.45) is 0 Å². The second-order valence-electron chi connectivity index (χ2n) is 9.12. The predicted octanol–water partition coefficient (Wildman–Crippen LogP) is 7.90. The zero-order chi connectivity index (χ0) is 26.5. The highest BCUT2D eigenvalue weighted by molar-refractivity contribution is 6.39. The smallest absolute Gasteiger partial charge is 0.307 e. The van der Waals surface area contributed by atoms with Gasteiger partial charge in [0.1, 0.15) is 23.8 Å². The zero-order valence-corrected chi connectivity index (χ0v) is 22.4. The van der Waals surface area contributed by atoms with Crippen LogP contribution >= 0.6 is 23.2 Å². The Morgan fingerprint density at radius 2 is 1.78 bits per heavy atom. The lowest BCUT2D eigenvalue weighted by Gasteiger charge is -2.12. The van der Waals surface area contributed by atoms with E-state index in [4.69, 9.17) is 37.6 Å². The number of rotatable bonds is 10. The first kappa shape index (κ1) is 26.6. The number of benzene rings is 3. The number of carbonyl (C=O) groups is 1. The van der Waals surface area contributed by atoms with Gasteiger partial charge >= 0.3 is 5.97 Å². The molecule has 1 aromatic heterocycles. The first-order valence-electron chi connectivity index (χ1n) is 11.9. The van der Waals surface area contributed by atoms with Crippen molar-refractivity contribution in [2.75, 3.05) is 5.32 Å². The van der Waals surface area contributed by atoms with Crippen LogP contribution in [0.4, 0.5) is 5.69 Å². The minimum absolute atomic E-state index is 0.0219. The quantitative estimate of drug-likeness (QED) is 0.213. The minimum Gasteiger partial charge on any atom is -0.489 e. The van der Waals surface area contributed by atoms with E-state index in [1.54, 1.807) is 18.2 Å². The Bertz CT molecular complexity index is 1380. The molecule has 3 aromatic carbocycles. The molecule has 0 atom stereocenters. The van der Waals surface area contributed by atoms with Crippen molar-refractivity contribution in [1.82, 2.24) is 5.16 Å². The third-order valence-corrected chi connectivity index (χ3v) is 6.66. The lowest BCUT2D eigenvalue weighted by Crippen LogP contribution is -2.04. The van der Waals surface area contributed by atoms with Gasteiger partial charge in [0.2, 0.25) is 0 Å². The van der Waals surface area contributed by atoms with E-state index in [1.165, 1.54) is 0 Å². The van der Waals surface area contributed by atoms with Crippen molar-refractivity contribution in [2.45, 2.75) is 46.3 Å². The number of ether oxygens (including phenoxy) is 1. The van der Waals surface area contributed by atoms with Gasteiger partial charge < -0.3 is 19.7 Å². The van der Waals surface area contributed by atoms with Crippen molar-refractivity contribution < 1.29 is 19.2 Å². The molecule has 37 heavy (non-hydrogen) atoms. The molecule has 0 saturated carbocycles. The van der Waals surface area contributed by atoms with E-state index in [2.05, 4.69) is 10.5 Å². The molecular weight excluding hydrogens is 511 g/mol. The van der Waals surface area contributed by atoms with Crippen molar-refractivity contribution >= 4 is 34.9 Å². The topological polar surface area (TPSA) is 84.6 Å². The maximum atomic E-state index is 11.0. The van der Waals surface area contributed by atoms with Crippen LogP contribution in [0.2, 0.25) is 10.0 Å². The highest BCUT2D eigenvalue weighted by Crippen LogP contribution is 2.38. The van der Waals surface area contributed by atoms with Gasteiger partial charge in [0.15, 0.2) is 0 Å². The Labute approximate surface area is 226 Å². The first-order valence-corrected chi connectivity index (χ1v) is 12.7. The summed E-state index contributed by atoms with van der Waals surface area (Å²) >= 11 is 12.9. The van der Waals surface area contributed by atoms with Gasteiger partial charge in [-0.1, -0.05) is 66.5 Å². The molecule has 0 radical (unpaired) electrons. The lowest BCUT2D eigenvalue weighted by molar-refractivity contribution is -0.136.